The number of para-hydroxylation sites is 1. The second-order valence-electron chi connectivity index (χ2n) is 8.68. The predicted molar refractivity (Wildman–Crippen MR) is 140 cm³/mol. The van der Waals surface area contributed by atoms with Gasteiger partial charge in [0.05, 0.1) is 10.7 Å². The van der Waals surface area contributed by atoms with Crippen LogP contribution in [0.4, 0.5) is 5.69 Å². The molecule has 7 nitrogen and oxygen atoms in total. The molecular weight excluding hydrogens is 478 g/mol. The Kier molecular flexibility index (Phi) is 7.64. The van der Waals surface area contributed by atoms with Gasteiger partial charge in [0.15, 0.2) is 0 Å². The Bertz CT molecular complexity index is 1260. The van der Waals surface area contributed by atoms with Crippen molar-refractivity contribution in [3.05, 3.63) is 94.0 Å². The SMILES string of the molecule is CCN(CC)CCN1C(=O)C(O)(c2ccccc2OCc2ccccc2)c2c(Cl)cc(C(N)=O)cc21. The third-order valence-corrected chi connectivity index (χ3v) is 6.91. The highest BCUT2D eigenvalue weighted by Crippen LogP contribution is 2.50. The topological polar surface area (TPSA) is 96.1 Å². The number of likely N-dealkylation sites (N-methyl/N-ethyl adjacent to an activating group) is 1. The van der Waals surface area contributed by atoms with Crippen LogP contribution in [0.15, 0.2) is 66.7 Å². The summed E-state index contributed by atoms with van der Waals surface area (Å²) in [5.41, 5.74) is 5.41. The number of halogens is 1. The molecule has 188 valence electrons. The Morgan fingerprint density at radius 3 is 2.42 bits per heavy atom. The van der Waals surface area contributed by atoms with Crippen molar-refractivity contribution in [2.75, 3.05) is 31.1 Å². The van der Waals surface area contributed by atoms with E-state index in [-0.39, 0.29) is 28.3 Å². The Morgan fingerprint density at radius 2 is 1.75 bits per heavy atom. The number of carbonyl (C=O) groups is 2. The maximum Gasteiger partial charge on any atom is 0.268 e. The molecule has 0 aromatic heterocycles. The van der Waals surface area contributed by atoms with Gasteiger partial charge in [-0.05, 0) is 36.9 Å². The zero-order valence-corrected chi connectivity index (χ0v) is 21.2. The molecule has 2 amide bonds. The van der Waals surface area contributed by atoms with Gasteiger partial charge in [-0.15, -0.1) is 0 Å². The molecule has 0 spiro atoms. The molecule has 0 aliphatic carbocycles. The molecule has 0 bridgehead atoms. The number of primary amides is 1. The van der Waals surface area contributed by atoms with Crippen molar-refractivity contribution in [1.82, 2.24) is 4.90 Å². The van der Waals surface area contributed by atoms with Crippen LogP contribution in [0.5, 0.6) is 5.75 Å². The number of nitrogens with zero attached hydrogens (tertiary/aromatic N) is 2. The van der Waals surface area contributed by atoms with Gasteiger partial charge in [0.2, 0.25) is 11.5 Å². The number of hydrogen-bond donors (Lipinski definition) is 2. The molecule has 3 aromatic carbocycles. The average molecular weight is 508 g/mol. The summed E-state index contributed by atoms with van der Waals surface area (Å²) in [6, 6.07) is 19.4. The van der Waals surface area contributed by atoms with E-state index in [4.69, 9.17) is 22.1 Å². The zero-order chi connectivity index (χ0) is 25.9. The first-order chi connectivity index (χ1) is 17.3. The highest BCUT2D eigenvalue weighted by molar-refractivity contribution is 6.34. The average Bonchev–Trinajstić information content (AvgIpc) is 3.11. The predicted octanol–water partition coefficient (Wildman–Crippen LogP) is 3.94. The van der Waals surface area contributed by atoms with Crippen LogP contribution >= 0.6 is 11.6 Å². The van der Waals surface area contributed by atoms with Crippen LogP contribution in [-0.2, 0) is 17.0 Å². The van der Waals surface area contributed by atoms with Gasteiger partial charge in [-0.25, -0.2) is 0 Å². The van der Waals surface area contributed by atoms with Crippen molar-refractivity contribution < 1.29 is 19.4 Å². The maximum absolute atomic E-state index is 14.0. The Labute approximate surface area is 216 Å². The third kappa shape index (κ3) is 4.69. The lowest BCUT2D eigenvalue weighted by Gasteiger charge is -2.27. The standard InChI is InChI=1S/C28H30ClN3O4/c1-3-31(4-2)14-15-32-23-17-20(26(30)33)16-22(29)25(23)28(35,27(32)34)21-12-8-9-13-24(21)36-18-19-10-6-5-7-11-19/h5-13,16-17,35H,3-4,14-15,18H2,1-2H3,(H2,30,33). The van der Waals surface area contributed by atoms with Crippen LogP contribution in [0.2, 0.25) is 5.02 Å². The van der Waals surface area contributed by atoms with Gasteiger partial charge in [-0.1, -0.05) is 74.0 Å². The van der Waals surface area contributed by atoms with Gasteiger partial charge in [0.1, 0.15) is 12.4 Å². The summed E-state index contributed by atoms with van der Waals surface area (Å²) in [6.45, 7) is 6.86. The molecule has 36 heavy (non-hydrogen) atoms. The van der Waals surface area contributed by atoms with Gasteiger partial charge in [-0.2, -0.15) is 0 Å². The number of carbonyl (C=O) groups excluding carboxylic acids is 2. The van der Waals surface area contributed by atoms with E-state index in [2.05, 4.69) is 4.90 Å². The van der Waals surface area contributed by atoms with Crippen molar-refractivity contribution in [3.63, 3.8) is 0 Å². The number of amides is 2. The molecule has 0 fully saturated rings. The molecule has 1 atom stereocenters. The van der Waals surface area contributed by atoms with Gasteiger partial charge in [0, 0.05) is 29.8 Å². The lowest BCUT2D eigenvalue weighted by Crippen LogP contribution is -2.44. The highest BCUT2D eigenvalue weighted by atomic mass is 35.5. The second-order valence-corrected chi connectivity index (χ2v) is 9.09. The zero-order valence-electron chi connectivity index (χ0n) is 20.4. The molecular formula is C28H30ClN3O4. The van der Waals surface area contributed by atoms with E-state index in [1.165, 1.54) is 17.0 Å². The molecule has 0 saturated heterocycles. The Morgan fingerprint density at radius 1 is 1.08 bits per heavy atom. The number of anilines is 1. The Balaban J connectivity index is 1.80. The number of hydrogen-bond acceptors (Lipinski definition) is 5. The van der Waals surface area contributed by atoms with Crippen molar-refractivity contribution in [2.45, 2.75) is 26.1 Å². The first-order valence-corrected chi connectivity index (χ1v) is 12.4. The largest absolute Gasteiger partial charge is 0.488 e. The number of ether oxygens (including phenoxy) is 1. The van der Waals surface area contributed by atoms with E-state index in [0.29, 0.717) is 24.5 Å². The van der Waals surface area contributed by atoms with Gasteiger partial charge < -0.3 is 25.4 Å². The van der Waals surface area contributed by atoms with E-state index in [1.54, 1.807) is 24.3 Å². The minimum atomic E-state index is -2.10. The van der Waals surface area contributed by atoms with Crippen molar-refractivity contribution >= 4 is 29.1 Å². The monoisotopic (exact) mass is 507 g/mol. The molecule has 1 aliphatic rings. The molecule has 1 unspecified atom stereocenters. The molecule has 0 saturated carbocycles. The van der Waals surface area contributed by atoms with E-state index >= 15 is 0 Å². The molecule has 3 N–H and O–H groups in total. The second kappa shape index (κ2) is 10.7. The van der Waals surface area contributed by atoms with Gasteiger partial charge >= 0.3 is 0 Å². The van der Waals surface area contributed by atoms with Crippen LogP contribution in [0, 0.1) is 0 Å². The van der Waals surface area contributed by atoms with E-state index in [0.717, 1.165) is 18.7 Å². The first-order valence-electron chi connectivity index (χ1n) is 12.0. The normalized spacial score (nSPS) is 16.9. The quantitative estimate of drug-likeness (QED) is 0.433. The highest BCUT2D eigenvalue weighted by Gasteiger charge is 2.54. The van der Waals surface area contributed by atoms with Crippen LogP contribution in [0.1, 0.15) is 40.9 Å². The minimum Gasteiger partial charge on any atom is -0.488 e. The number of aliphatic hydroxyl groups is 1. The molecule has 1 heterocycles. The number of rotatable bonds is 10. The van der Waals surface area contributed by atoms with E-state index < -0.39 is 17.4 Å². The summed E-state index contributed by atoms with van der Waals surface area (Å²) >= 11 is 6.63. The smallest absolute Gasteiger partial charge is 0.268 e. The molecule has 0 radical (unpaired) electrons. The van der Waals surface area contributed by atoms with E-state index in [1.807, 2.05) is 44.2 Å². The molecule has 4 rings (SSSR count). The van der Waals surface area contributed by atoms with Crippen molar-refractivity contribution in [1.29, 1.82) is 0 Å². The molecule has 8 heteroatoms. The summed E-state index contributed by atoms with van der Waals surface area (Å²) in [7, 11) is 0. The van der Waals surface area contributed by atoms with Crippen LogP contribution < -0.4 is 15.4 Å². The first kappa shape index (κ1) is 25.7. The van der Waals surface area contributed by atoms with Crippen molar-refractivity contribution in [2.24, 2.45) is 5.73 Å². The lowest BCUT2D eigenvalue weighted by atomic mass is 9.86. The summed E-state index contributed by atoms with van der Waals surface area (Å²) in [4.78, 5) is 29.6. The Hall–Kier alpha value is -3.39. The van der Waals surface area contributed by atoms with Gasteiger partial charge in [-0.3, -0.25) is 9.59 Å². The number of nitrogens with two attached hydrogens (primary N) is 1. The third-order valence-electron chi connectivity index (χ3n) is 6.61. The fourth-order valence-corrected chi connectivity index (χ4v) is 4.95. The molecule has 1 aliphatic heterocycles. The maximum atomic E-state index is 14.0. The van der Waals surface area contributed by atoms with Crippen LogP contribution in [0.25, 0.3) is 0 Å². The van der Waals surface area contributed by atoms with Crippen LogP contribution in [-0.4, -0.2) is 48.0 Å². The van der Waals surface area contributed by atoms with Crippen LogP contribution in [0.3, 0.4) is 0 Å². The summed E-state index contributed by atoms with van der Waals surface area (Å²) < 4.78 is 6.08. The van der Waals surface area contributed by atoms with Gasteiger partial charge in [0.25, 0.3) is 5.91 Å². The number of benzene rings is 3. The number of fused-ring (bicyclic) bond motifs is 1. The fourth-order valence-electron chi connectivity index (χ4n) is 4.60. The van der Waals surface area contributed by atoms with Crippen molar-refractivity contribution in [3.8, 4) is 5.75 Å². The summed E-state index contributed by atoms with van der Waals surface area (Å²) in [6.07, 6.45) is 0. The van der Waals surface area contributed by atoms with E-state index in [9.17, 15) is 14.7 Å². The molecule has 3 aromatic rings. The minimum absolute atomic E-state index is 0.0837. The lowest BCUT2D eigenvalue weighted by molar-refractivity contribution is -0.132. The summed E-state index contributed by atoms with van der Waals surface area (Å²) in [5.74, 6) is -0.856. The fraction of sp³-hybridized carbons (Fsp3) is 0.286. The summed E-state index contributed by atoms with van der Waals surface area (Å²) in [5, 5.41) is 12.2.